The van der Waals surface area contributed by atoms with E-state index in [-0.39, 0.29) is 30.0 Å². The van der Waals surface area contributed by atoms with Crippen molar-refractivity contribution in [2.45, 2.75) is 38.6 Å². The molecule has 150 valence electrons. The minimum Gasteiger partial charge on any atom is -0.493 e. The predicted molar refractivity (Wildman–Crippen MR) is 101 cm³/mol. The molecule has 1 heterocycles. The van der Waals surface area contributed by atoms with Crippen LogP contribution in [0.1, 0.15) is 24.0 Å². The molecule has 2 aromatic carbocycles. The largest absolute Gasteiger partial charge is 0.493 e. The number of carbonyl (C=O) groups is 1. The first-order valence-corrected chi connectivity index (χ1v) is 9.24. The Bertz CT molecular complexity index is 786. The Kier molecular flexibility index (Phi) is 6.81. The number of rotatable bonds is 8. The van der Waals surface area contributed by atoms with Crippen molar-refractivity contribution in [1.29, 1.82) is 0 Å². The fraction of sp³-hybridized carbons (Fsp3) is 0.381. The first-order chi connectivity index (χ1) is 13.6. The highest BCUT2D eigenvalue weighted by Gasteiger charge is 2.30. The lowest BCUT2D eigenvalue weighted by Gasteiger charge is -2.23. The van der Waals surface area contributed by atoms with Crippen LogP contribution in [-0.2, 0) is 17.9 Å². The lowest BCUT2D eigenvalue weighted by Crippen LogP contribution is -2.42. The molecular formula is C21H24F2N2O3. The number of nitrogens with zero attached hydrogens (tertiary/aromatic N) is 1. The summed E-state index contributed by atoms with van der Waals surface area (Å²) in [4.78, 5) is 14.8. The second-order valence-corrected chi connectivity index (χ2v) is 6.70. The minimum atomic E-state index is -2.94. The van der Waals surface area contributed by atoms with Crippen molar-refractivity contribution in [1.82, 2.24) is 10.2 Å². The summed E-state index contributed by atoms with van der Waals surface area (Å²) in [6.07, 6.45) is 1.78. The second kappa shape index (κ2) is 9.50. The molecule has 0 radical (unpaired) electrons. The molecule has 1 amide bonds. The summed E-state index contributed by atoms with van der Waals surface area (Å²) in [6.45, 7) is -1.10. The molecule has 0 aromatic heterocycles. The van der Waals surface area contributed by atoms with Gasteiger partial charge in [-0.25, -0.2) is 0 Å². The van der Waals surface area contributed by atoms with Crippen LogP contribution < -0.4 is 14.8 Å². The zero-order chi connectivity index (χ0) is 19.9. The summed E-state index contributed by atoms with van der Waals surface area (Å²) < 4.78 is 34.6. The van der Waals surface area contributed by atoms with Gasteiger partial charge in [0, 0.05) is 13.1 Å². The highest BCUT2D eigenvalue weighted by molar-refractivity contribution is 5.82. The van der Waals surface area contributed by atoms with Gasteiger partial charge in [0.15, 0.2) is 11.5 Å². The SMILES string of the molecule is COc1ccc(CNC(=O)C2CCCN2Cc2ccccc2)cc1OC(F)F. The Morgan fingerprint density at radius 2 is 1.96 bits per heavy atom. The maximum Gasteiger partial charge on any atom is 0.387 e. The lowest BCUT2D eigenvalue weighted by molar-refractivity contribution is -0.125. The van der Waals surface area contributed by atoms with E-state index in [9.17, 15) is 13.6 Å². The second-order valence-electron chi connectivity index (χ2n) is 6.70. The third-order valence-electron chi connectivity index (χ3n) is 4.81. The van der Waals surface area contributed by atoms with Crippen molar-refractivity contribution in [3.8, 4) is 11.5 Å². The number of ether oxygens (including phenoxy) is 2. The van der Waals surface area contributed by atoms with Gasteiger partial charge in [0.2, 0.25) is 5.91 Å². The molecule has 1 fully saturated rings. The van der Waals surface area contributed by atoms with Crippen molar-refractivity contribution in [2.75, 3.05) is 13.7 Å². The fourth-order valence-corrected chi connectivity index (χ4v) is 3.46. The van der Waals surface area contributed by atoms with E-state index in [1.54, 1.807) is 12.1 Å². The van der Waals surface area contributed by atoms with E-state index in [0.717, 1.165) is 25.9 Å². The number of amides is 1. The summed E-state index contributed by atoms with van der Waals surface area (Å²) in [5.74, 6) is 0.122. The highest BCUT2D eigenvalue weighted by Crippen LogP contribution is 2.29. The van der Waals surface area contributed by atoms with Crippen LogP contribution in [0.5, 0.6) is 11.5 Å². The molecule has 0 spiro atoms. The van der Waals surface area contributed by atoms with E-state index in [4.69, 9.17) is 4.74 Å². The maximum absolute atomic E-state index is 12.7. The van der Waals surface area contributed by atoms with Crippen molar-refractivity contribution >= 4 is 5.91 Å². The summed E-state index contributed by atoms with van der Waals surface area (Å²) in [5.41, 5.74) is 1.84. The summed E-state index contributed by atoms with van der Waals surface area (Å²) in [6, 6.07) is 14.6. The number of methoxy groups -OCH3 is 1. The van der Waals surface area contributed by atoms with Crippen LogP contribution in [0, 0.1) is 0 Å². The van der Waals surface area contributed by atoms with Crippen molar-refractivity contribution < 1.29 is 23.0 Å². The van der Waals surface area contributed by atoms with E-state index in [1.165, 1.54) is 18.7 Å². The maximum atomic E-state index is 12.7. The van der Waals surface area contributed by atoms with Gasteiger partial charge in [-0.1, -0.05) is 36.4 Å². The van der Waals surface area contributed by atoms with E-state index >= 15 is 0 Å². The molecule has 0 aliphatic carbocycles. The molecule has 7 heteroatoms. The standard InChI is InChI=1S/C21H24F2N2O3/c1-27-18-10-9-16(12-19(18)28-21(22)23)13-24-20(26)17-8-5-11-25(17)14-15-6-3-2-4-7-15/h2-4,6-7,9-10,12,17,21H,5,8,11,13-14H2,1H3,(H,24,26). The van der Waals surface area contributed by atoms with Gasteiger partial charge in [-0.15, -0.1) is 0 Å². The summed E-state index contributed by atoms with van der Waals surface area (Å²) in [5, 5.41) is 2.91. The Labute approximate surface area is 163 Å². The van der Waals surface area contributed by atoms with E-state index in [1.807, 2.05) is 18.2 Å². The first-order valence-electron chi connectivity index (χ1n) is 9.24. The van der Waals surface area contributed by atoms with Crippen molar-refractivity contribution in [3.05, 3.63) is 59.7 Å². The number of halogens is 2. The van der Waals surface area contributed by atoms with Gasteiger partial charge in [0.05, 0.1) is 13.2 Å². The Morgan fingerprint density at radius 3 is 2.68 bits per heavy atom. The third-order valence-corrected chi connectivity index (χ3v) is 4.81. The number of alkyl halides is 2. The Balaban J connectivity index is 1.60. The predicted octanol–water partition coefficient (Wildman–Crippen LogP) is 3.58. The van der Waals surface area contributed by atoms with E-state index in [2.05, 4.69) is 27.1 Å². The summed E-state index contributed by atoms with van der Waals surface area (Å²) >= 11 is 0. The Hall–Kier alpha value is -2.67. The molecule has 1 N–H and O–H groups in total. The monoisotopic (exact) mass is 390 g/mol. The van der Waals surface area contributed by atoms with Crippen LogP contribution in [0.3, 0.4) is 0 Å². The van der Waals surface area contributed by atoms with Gasteiger partial charge in [0.25, 0.3) is 0 Å². The van der Waals surface area contributed by atoms with Crippen molar-refractivity contribution in [3.63, 3.8) is 0 Å². The van der Waals surface area contributed by atoms with E-state index < -0.39 is 6.61 Å². The van der Waals surface area contributed by atoms with Gasteiger partial charge in [-0.2, -0.15) is 8.78 Å². The molecule has 1 atom stereocenters. The Morgan fingerprint density at radius 1 is 1.18 bits per heavy atom. The number of hydrogen-bond acceptors (Lipinski definition) is 4. The number of carbonyl (C=O) groups excluding carboxylic acids is 1. The zero-order valence-corrected chi connectivity index (χ0v) is 15.7. The van der Waals surface area contributed by atoms with Crippen LogP contribution in [0.2, 0.25) is 0 Å². The fourth-order valence-electron chi connectivity index (χ4n) is 3.46. The molecular weight excluding hydrogens is 366 g/mol. The number of nitrogens with one attached hydrogen (secondary N) is 1. The number of likely N-dealkylation sites (tertiary alicyclic amines) is 1. The van der Waals surface area contributed by atoms with Crippen LogP contribution >= 0.6 is 0 Å². The van der Waals surface area contributed by atoms with Crippen molar-refractivity contribution in [2.24, 2.45) is 0 Å². The molecule has 1 aliphatic heterocycles. The van der Waals surface area contributed by atoms with Gasteiger partial charge < -0.3 is 14.8 Å². The van der Waals surface area contributed by atoms with Gasteiger partial charge in [-0.05, 0) is 42.6 Å². The molecule has 0 saturated carbocycles. The van der Waals surface area contributed by atoms with E-state index in [0.29, 0.717) is 5.56 Å². The van der Waals surface area contributed by atoms with Crippen LogP contribution in [-0.4, -0.2) is 37.1 Å². The zero-order valence-electron chi connectivity index (χ0n) is 15.7. The molecule has 1 unspecified atom stereocenters. The van der Waals surface area contributed by atoms with Gasteiger partial charge in [-0.3, -0.25) is 9.69 Å². The number of hydrogen-bond donors (Lipinski definition) is 1. The molecule has 0 bridgehead atoms. The average molecular weight is 390 g/mol. The van der Waals surface area contributed by atoms with Gasteiger partial charge in [0.1, 0.15) is 0 Å². The quantitative estimate of drug-likeness (QED) is 0.749. The molecule has 1 aliphatic rings. The number of benzene rings is 2. The lowest BCUT2D eigenvalue weighted by atomic mass is 10.1. The molecule has 5 nitrogen and oxygen atoms in total. The van der Waals surface area contributed by atoms with Crippen LogP contribution in [0.15, 0.2) is 48.5 Å². The minimum absolute atomic E-state index is 0.0455. The highest BCUT2D eigenvalue weighted by atomic mass is 19.3. The summed E-state index contributed by atoms with van der Waals surface area (Å²) in [7, 11) is 1.39. The topological polar surface area (TPSA) is 50.8 Å². The average Bonchev–Trinajstić information content (AvgIpc) is 3.15. The molecule has 28 heavy (non-hydrogen) atoms. The smallest absolute Gasteiger partial charge is 0.387 e. The molecule has 2 aromatic rings. The molecule has 3 rings (SSSR count). The van der Waals surface area contributed by atoms with Crippen LogP contribution in [0.25, 0.3) is 0 Å². The van der Waals surface area contributed by atoms with Crippen LogP contribution in [0.4, 0.5) is 8.78 Å². The first kappa shape index (κ1) is 20.1. The normalized spacial score (nSPS) is 16.9. The van der Waals surface area contributed by atoms with Gasteiger partial charge >= 0.3 is 6.61 Å². The third kappa shape index (κ3) is 5.19. The molecule has 1 saturated heterocycles.